The van der Waals surface area contributed by atoms with Gasteiger partial charge in [-0.15, -0.1) is 38.5 Å². The maximum Gasteiger partial charge on any atom is 0.120 e. The molecule has 0 heterocycles. The van der Waals surface area contributed by atoms with E-state index in [1.54, 1.807) is 0 Å². The van der Waals surface area contributed by atoms with Crippen molar-refractivity contribution < 1.29 is 56.8 Å². The minimum Gasteiger partial charge on any atom is -0.493 e. The summed E-state index contributed by atoms with van der Waals surface area (Å²) < 4.78 is 70.6. The smallest absolute Gasteiger partial charge is 0.120 e. The number of benzene rings is 6. The molecule has 428 valence electrons. The molecule has 6 aromatic rings. The Labute approximate surface area is 491 Å². The van der Waals surface area contributed by atoms with Crippen LogP contribution in [0, 0.1) is 74.1 Å². The summed E-state index contributed by atoms with van der Waals surface area (Å²) in [5, 5.41) is 0. The summed E-state index contributed by atoms with van der Waals surface area (Å²) in [5.41, 5.74) is 8.14. The molecule has 6 rings (SSSR count). The summed E-state index contributed by atoms with van der Waals surface area (Å²) in [5.74, 6) is 19.3. The molecule has 0 saturated carbocycles. The van der Waals surface area contributed by atoms with Gasteiger partial charge in [0.15, 0.2) is 0 Å². The molecule has 0 unspecified atom stereocenters. The molecule has 0 spiro atoms. The van der Waals surface area contributed by atoms with E-state index in [4.69, 9.17) is 95.4 Å². The molecule has 0 aromatic heterocycles. The van der Waals surface area contributed by atoms with E-state index < -0.39 is 5.41 Å². The van der Waals surface area contributed by atoms with Gasteiger partial charge in [0.2, 0.25) is 0 Å². The van der Waals surface area contributed by atoms with Crippen LogP contribution >= 0.6 is 0 Å². The lowest BCUT2D eigenvalue weighted by Gasteiger charge is -2.32. The first-order chi connectivity index (χ1) is 40.8. The fourth-order valence-corrected chi connectivity index (χ4v) is 8.77. The predicted molar refractivity (Wildman–Crippen MR) is 322 cm³/mol. The molecule has 0 bridgehead atoms. The maximum absolute atomic E-state index is 6.23. The fourth-order valence-electron chi connectivity index (χ4n) is 8.77. The van der Waals surface area contributed by atoms with Gasteiger partial charge >= 0.3 is 0 Å². The van der Waals surface area contributed by atoms with Crippen LogP contribution in [0.25, 0.3) is 0 Å². The van der Waals surface area contributed by atoms with Crippen LogP contribution in [0.2, 0.25) is 0 Å². The van der Waals surface area contributed by atoms with Crippen molar-refractivity contribution in [3.63, 3.8) is 0 Å². The van der Waals surface area contributed by atoms with Crippen LogP contribution in [0.15, 0.2) is 127 Å². The third kappa shape index (κ3) is 22.3. The van der Waals surface area contributed by atoms with Gasteiger partial charge in [-0.1, -0.05) is 90.1 Å². The normalized spacial score (nSPS) is 10.7. The number of hydrogen-bond acceptors (Lipinski definition) is 12. The Morgan fingerprint density at radius 2 is 0.470 bits per heavy atom. The van der Waals surface area contributed by atoms with Crippen molar-refractivity contribution in [2.75, 3.05) is 79.3 Å². The van der Waals surface area contributed by atoms with Crippen molar-refractivity contribution in [3.05, 3.63) is 177 Å². The molecular weight excluding hydrogens is 1040 g/mol. The standard InChI is InChI=1S/C71H72O12/c1-8-29-72-50-56-41-57(51-73-30-9-2)45-68(44-56)81-38-14-35-78-65-23-17-62(18-24-65)71(7,63-19-25-66(26-20-63)79-36-15-39-82-69-46-58(52-74-31-10-3)42-59(47-69)53-75-32-11-4)64-21-27-67(28-22-64)80-37-16-40-83-70-48-60(54-76-33-12-5)43-61(49-70)55-77-34-13-6/h1-6,17-28,41-49H,14-16,29-40,50-55H2,7H3. The molecule has 0 aliphatic rings. The van der Waals surface area contributed by atoms with Gasteiger partial charge in [0.25, 0.3) is 0 Å². The predicted octanol–water partition coefficient (Wildman–Crippen LogP) is 11.5. The summed E-state index contributed by atoms with van der Waals surface area (Å²) in [6.07, 6.45) is 34.2. The lowest BCUT2D eigenvalue weighted by molar-refractivity contribution is 0.148. The zero-order chi connectivity index (χ0) is 58.6. The third-order valence-corrected chi connectivity index (χ3v) is 12.6. The molecule has 0 N–H and O–H groups in total. The van der Waals surface area contributed by atoms with Crippen LogP contribution in [-0.2, 0) is 73.5 Å². The second kappa shape index (κ2) is 36.6. The first-order valence-corrected chi connectivity index (χ1v) is 27.3. The second-order valence-electron chi connectivity index (χ2n) is 19.0. The highest BCUT2D eigenvalue weighted by Gasteiger charge is 2.31. The molecule has 12 heteroatoms. The third-order valence-electron chi connectivity index (χ3n) is 12.6. The van der Waals surface area contributed by atoms with Crippen LogP contribution in [0.4, 0.5) is 0 Å². The van der Waals surface area contributed by atoms with Gasteiger partial charge in [0, 0.05) is 24.7 Å². The molecule has 0 radical (unpaired) electrons. The first-order valence-electron chi connectivity index (χ1n) is 27.3. The van der Waals surface area contributed by atoms with E-state index in [0.29, 0.717) is 116 Å². The highest BCUT2D eigenvalue weighted by atomic mass is 16.5. The molecule has 0 fully saturated rings. The van der Waals surface area contributed by atoms with Crippen molar-refractivity contribution in [2.24, 2.45) is 0 Å². The molecule has 0 amide bonds. The van der Waals surface area contributed by atoms with E-state index >= 15 is 0 Å². The largest absolute Gasteiger partial charge is 0.493 e. The highest BCUT2D eigenvalue weighted by Crippen LogP contribution is 2.41. The van der Waals surface area contributed by atoms with Gasteiger partial charge in [-0.05, 0) is 130 Å². The van der Waals surface area contributed by atoms with Gasteiger partial charge in [0.05, 0.1) is 79.3 Å². The molecule has 6 aromatic carbocycles. The first kappa shape index (κ1) is 63.4. The lowest BCUT2D eigenvalue weighted by atomic mass is 9.71. The zero-order valence-corrected chi connectivity index (χ0v) is 47.3. The van der Waals surface area contributed by atoms with Crippen LogP contribution in [0.1, 0.15) is 76.3 Å². The Bertz CT molecular complexity index is 2710. The summed E-state index contributed by atoms with van der Waals surface area (Å²) in [7, 11) is 0. The lowest BCUT2D eigenvalue weighted by Crippen LogP contribution is -2.25. The van der Waals surface area contributed by atoms with Crippen molar-refractivity contribution in [2.45, 2.75) is 71.2 Å². The van der Waals surface area contributed by atoms with E-state index in [-0.39, 0.29) is 39.6 Å². The zero-order valence-electron chi connectivity index (χ0n) is 47.3. The Morgan fingerprint density at radius 1 is 0.277 bits per heavy atom. The Kier molecular flexibility index (Phi) is 27.9. The quantitative estimate of drug-likeness (QED) is 0.0208. The van der Waals surface area contributed by atoms with Crippen molar-refractivity contribution >= 4 is 0 Å². The van der Waals surface area contributed by atoms with E-state index in [9.17, 15) is 0 Å². The summed E-state index contributed by atoms with van der Waals surface area (Å²) in [6, 6.07) is 42.3. The van der Waals surface area contributed by atoms with Crippen molar-refractivity contribution in [3.8, 4) is 109 Å². The van der Waals surface area contributed by atoms with Crippen LogP contribution in [-0.4, -0.2) is 79.3 Å². The Hall–Kier alpha value is -8.76. The number of terminal acetylenes is 6. The second-order valence-corrected chi connectivity index (χ2v) is 19.0. The van der Waals surface area contributed by atoms with E-state index in [0.717, 1.165) is 67.3 Å². The van der Waals surface area contributed by atoms with E-state index in [2.05, 4.69) is 78.8 Å². The average molecular weight is 1120 g/mol. The van der Waals surface area contributed by atoms with Crippen LogP contribution in [0.5, 0.6) is 34.5 Å². The summed E-state index contributed by atoms with van der Waals surface area (Å²) in [4.78, 5) is 0. The Morgan fingerprint density at radius 3 is 0.663 bits per heavy atom. The Balaban J connectivity index is 1.09. The molecule has 12 nitrogen and oxygen atoms in total. The fraction of sp³-hybridized carbons (Fsp3) is 0.324. The van der Waals surface area contributed by atoms with Gasteiger partial charge in [-0.25, -0.2) is 0 Å². The van der Waals surface area contributed by atoms with Crippen LogP contribution in [0.3, 0.4) is 0 Å². The molecule has 0 saturated heterocycles. The SMILES string of the molecule is C#CCOCc1cc(COCC#C)cc(OCCCOc2ccc(C(C)(c3ccc(OCCCOc4cc(COCC#C)cc(COCC#C)c4)cc3)c3ccc(OCCCOc4cc(COCC#C)cc(COCC#C)c4)cc3)cc2)c1. The molecular formula is C71H72O12. The summed E-state index contributed by atoms with van der Waals surface area (Å²) in [6.45, 7) is 8.25. The number of hydrogen-bond donors (Lipinski definition) is 0. The average Bonchev–Trinajstić information content (AvgIpc) is 3.60. The molecule has 0 atom stereocenters. The van der Waals surface area contributed by atoms with Crippen molar-refractivity contribution in [1.29, 1.82) is 0 Å². The van der Waals surface area contributed by atoms with Crippen molar-refractivity contribution in [1.82, 2.24) is 0 Å². The molecule has 0 aliphatic heterocycles. The molecule has 0 aliphatic carbocycles. The highest BCUT2D eigenvalue weighted by molar-refractivity contribution is 5.52. The van der Waals surface area contributed by atoms with E-state index in [1.165, 1.54) is 0 Å². The molecule has 83 heavy (non-hydrogen) atoms. The van der Waals surface area contributed by atoms with Gasteiger partial charge < -0.3 is 56.8 Å². The van der Waals surface area contributed by atoms with Gasteiger partial charge in [-0.2, -0.15) is 0 Å². The number of rotatable bonds is 39. The maximum atomic E-state index is 6.23. The van der Waals surface area contributed by atoms with Gasteiger partial charge in [-0.3, -0.25) is 0 Å². The number of ether oxygens (including phenoxy) is 12. The van der Waals surface area contributed by atoms with E-state index in [1.807, 2.05) is 91.0 Å². The summed E-state index contributed by atoms with van der Waals surface area (Å²) >= 11 is 0. The topological polar surface area (TPSA) is 111 Å². The minimum atomic E-state index is -0.591. The van der Waals surface area contributed by atoms with Crippen LogP contribution < -0.4 is 28.4 Å². The minimum absolute atomic E-state index is 0.213. The monoisotopic (exact) mass is 1120 g/mol. The van der Waals surface area contributed by atoms with Gasteiger partial charge in [0.1, 0.15) is 74.1 Å².